The van der Waals surface area contributed by atoms with Gasteiger partial charge in [0, 0.05) is 32.7 Å². The molecule has 0 radical (unpaired) electrons. The number of hydrogen-bond acceptors (Lipinski definition) is 6. The minimum absolute atomic E-state index is 0.214. The lowest BCUT2D eigenvalue weighted by Crippen LogP contribution is -2.51. The van der Waals surface area contributed by atoms with E-state index in [0.29, 0.717) is 13.1 Å². The number of carbonyl (C=O) groups excluding carboxylic acids is 1. The molecule has 1 spiro atoms. The number of nitrogens with zero attached hydrogens (tertiary/aromatic N) is 5. The molecule has 3 aliphatic heterocycles. The monoisotopic (exact) mass is 331 g/mol. The Morgan fingerprint density at radius 3 is 2.42 bits per heavy atom. The van der Waals surface area contributed by atoms with Crippen molar-refractivity contribution >= 4 is 17.7 Å². The normalized spacial score (nSPS) is 27.7. The molecule has 3 fully saturated rings. The standard InChI is InChI=1S/C17H25N5O2/c1-20-11-17(24-16(20)23)6-5-9-22(12-17)15-10-14(18-13-19-15)21-7-3-2-4-8-21/h10,13H,2-9,11-12H2,1H3/t17-/m0/s1. The van der Waals surface area contributed by atoms with E-state index in [1.54, 1.807) is 18.3 Å². The first kappa shape index (κ1) is 15.5. The van der Waals surface area contributed by atoms with Crippen LogP contribution in [0.4, 0.5) is 16.4 Å². The fraction of sp³-hybridized carbons (Fsp3) is 0.706. The Hall–Kier alpha value is -2.05. The average Bonchev–Trinajstić information content (AvgIpc) is 2.89. The van der Waals surface area contributed by atoms with Crippen LogP contribution < -0.4 is 9.80 Å². The largest absolute Gasteiger partial charge is 0.439 e. The third-order valence-electron chi connectivity index (χ3n) is 5.32. The van der Waals surface area contributed by atoms with Crippen LogP contribution in [0.2, 0.25) is 0 Å². The van der Waals surface area contributed by atoms with Crippen molar-refractivity contribution in [3.8, 4) is 0 Å². The molecule has 130 valence electrons. The molecule has 1 atom stereocenters. The Morgan fingerprint density at radius 2 is 1.71 bits per heavy atom. The van der Waals surface area contributed by atoms with Gasteiger partial charge < -0.3 is 19.4 Å². The third kappa shape index (κ3) is 2.87. The summed E-state index contributed by atoms with van der Waals surface area (Å²) in [6.45, 7) is 4.46. The number of anilines is 2. The van der Waals surface area contributed by atoms with E-state index in [1.807, 2.05) is 0 Å². The maximum Gasteiger partial charge on any atom is 0.410 e. The summed E-state index contributed by atoms with van der Waals surface area (Å²) in [7, 11) is 1.80. The predicted octanol–water partition coefficient (Wildman–Crippen LogP) is 1.89. The van der Waals surface area contributed by atoms with Gasteiger partial charge in [-0.15, -0.1) is 0 Å². The van der Waals surface area contributed by atoms with E-state index in [0.717, 1.165) is 44.1 Å². The molecule has 0 N–H and O–H groups in total. The summed E-state index contributed by atoms with van der Waals surface area (Å²) in [5.74, 6) is 1.95. The number of hydrogen-bond donors (Lipinski definition) is 0. The molecule has 0 unspecified atom stereocenters. The first-order chi connectivity index (χ1) is 11.7. The van der Waals surface area contributed by atoms with E-state index in [2.05, 4.69) is 25.8 Å². The van der Waals surface area contributed by atoms with E-state index in [-0.39, 0.29) is 11.7 Å². The summed E-state index contributed by atoms with van der Waals surface area (Å²) >= 11 is 0. The number of piperidine rings is 2. The first-order valence-electron chi connectivity index (χ1n) is 8.91. The quantitative estimate of drug-likeness (QED) is 0.825. The zero-order valence-electron chi connectivity index (χ0n) is 14.3. The van der Waals surface area contributed by atoms with Gasteiger partial charge in [0.1, 0.15) is 23.6 Å². The summed E-state index contributed by atoms with van der Waals surface area (Å²) in [4.78, 5) is 27.0. The number of carbonyl (C=O) groups is 1. The number of aromatic nitrogens is 2. The molecule has 7 nitrogen and oxygen atoms in total. The summed E-state index contributed by atoms with van der Waals surface area (Å²) in [5.41, 5.74) is -0.389. The summed E-state index contributed by atoms with van der Waals surface area (Å²) in [6.07, 6.45) is 7.14. The molecular formula is C17H25N5O2. The highest BCUT2D eigenvalue weighted by Gasteiger charge is 2.46. The van der Waals surface area contributed by atoms with Crippen LogP contribution in [0.3, 0.4) is 0 Å². The highest BCUT2D eigenvalue weighted by molar-refractivity contribution is 5.70. The van der Waals surface area contributed by atoms with E-state index in [9.17, 15) is 4.79 Å². The van der Waals surface area contributed by atoms with Crippen LogP contribution in [-0.4, -0.2) is 66.3 Å². The number of rotatable bonds is 2. The van der Waals surface area contributed by atoms with Crippen LogP contribution in [0.25, 0.3) is 0 Å². The van der Waals surface area contributed by atoms with Gasteiger partial charge in [-0.05, 0) is 32.1 Å². The van der Waals surface area contributed by atoms with Crippen molar-refractivity contribution in [1.29, 1.82) is 0 Å². The van der Waals surface area contributed by atoms with Gasteiger partial charge in [0.05, 0.1) is 13.1 Å². The van der Waals surface area contributed by atoms with Gasteiger partial charge in [-0.25, -0.2) is 14.8 Å². The molecular weight excluding hydrogens is 306 g/mol. The lowest BCUT2D eigenvalue weighted by molar-refractivity contribution is 0.0445. The molecule has 3 aliphatic rings. The lowest BCUT2D eigenvalue weighted by atomic mass is 9.93. The lowest BCUT2D eigenvalue weighted by Gasteiger charge is -2.39. The Morgan fingerprint density at radius 1 is 1.00 bits per heavy atom. The van der Waals surface area contributed by atoms with Crippen molar-refractivity contribution in [2.24, 2.45) is 0 Å². The molecule has 0 aliphatic carbocycles. The number of ether oxygens (including phenoxy) is 1. The molecule has 0 bridgehead atoms. The topological polar surface area (TPSA) is 61.8 Å². The number of amides is 1. The molecule has 1 amide bonds. The minimum Gasteiger partial charge on any atom is -0.439 e. The second-order valence-electron chi connectivity index (χ2n) is 7.21. The van der Waals surface area contributed by atoms with Gasteiger partial charge in [-0.3, -0.25) is 0 Å². The van der Waals surface area contributed by atoms with E-state index in [1.165, 1.54) is 19.3 Å². The fourth-order valence-electron chi connectivity index (χ4n) is 4.10. The second kappa shape index (κ2) is 6.11. The van der Waals surface area contributed by atoms with E-state index >= 15 is 0 Å². The van der Waals surface area contributed by atoms with Crippen LogP contribution in [0.15, 0.2) is 12.4 Å². The number of likely N-dealkylation sites (N-methyl/N-ethyl adjacent to an activating group) is 1. The molecule has 24 heavy (non-hydrogen) atoms. The summed E-state index contributed by atoms with van der Waals surface area (Å²) < 4.78 is 5.69. The van der Waals surface area contributed by atoms with Gasteiger partial charge in [0.15, 0.2) is 0 Å². The van der Waals surface area contributed by atoms with Gasteiger partial charge in [0.2, 0.25) is 0 Å². The van der Waals surface area contributed by atoms with Crippen LogP contribution in [0, 0.1) is 0 Å². The zero-order valence-corrected chi connectivity index (χ0v) is 14.3. The summed E-state index contributed by atoms with van der Waals surface area (Å²) in [5, 5.41) is 0. The fourth-order valence-corrected chi connectivity index (χ4v) is 4.10. The van der Waals surface area contributed by atoms with Crippen molar-refractivity contribution in [1.82, 2.24) is 14.9 Å². The van der Waals surface area contributed by atoms with Crippen molar-refractivity contribution in [2.75, 3.05) is 49.6 Å². The third-order valence-corrected chi connectivity index (χ3v) is 5.32. The van der Waals surface area contributed by atoms with Crippen molar-refractivity contribution in [3.05, 3.63) is 12.4 Å². The highest BCUT2D eigenvalue weighted by Crippen LogP contribution is 2.33. The first-order valence-corrected chi connectivity index (χ1v) is 8.91. The molecule has 4 rings (SSSR count). The van der Waals surface area contributed by atoms with Crippen molar-refractivity contribution < 1.29 is 9.53 Å². The highest BCUT2D eigenvalue weighted by atomic mass is 16.6. The molecule has 0 saturated carbocycles. The Balaban J connectivity index is 1.52. The van der Waals surface area contributed by atoms with Gasteiger partial charge in [-0.2, -0.15) is 0 Å². The molecule has 1 aromatic heterocycles. The van der Waals surface area contributed by atoms with Crippen LogP contribution in [0.1, 0.15) is 32.1 Å². The maximum atomic E-state index is 11.8. The van der Waals surface area contributed by atoms with Crippen molar-refractivity contribution in [2.45, 2.75) is 37.7 Å². The minimum atomic E-state index is -0.389. The summed E-state index contributed by atoms with van der Waals surface area (Å²) in [6, 6.07) is 2.09. The molecule has 7 heteroatoms. The maximum absolute atomic E-state index is 11.8. The zero-order chi connectivity index (χ0) is 16.6. The van der Waals surface area contributed by atoms with Gasteiger partial charge in [-0.1, -0.05) is 0 Å². The van der Waals surface area contributed by atoms with Crippen molar-refractivity contribution in [3.63, 3.8) is 0 Å². The van der Waals surface area contributed by atoms with Crippen LogP contribution >= 0.6 is 0 Å². The Labute approximate surface area is 142 Å². The van der Waals surface area contributed by atoms with Gasteiger partial charge >= 0.3 is 6.09 Å². The van der Waals surface area contributed by atoms with E-state index in [4.69, 9.17) is 4.74 Å². The Bertz CT molecular complexity index is 619. The molecule has 1 aromatic rings. The molecule has 3 saturated heterocycles. The predicted molar refractivity (Wildman–Crippen MR) is 91.4 cm³/mol. The molecule has 0 aromatic carbocycles. The van der Waals surface area contributed by atoms with Crippen LogP contribution in [0.5, 0.6) is 0 Å². The average molecular weight is 331 g/mol. The second-order valence-corrected chi connectivity index (χ2v) is 7.21. The van der Waals surface area contributed by atoms with Crippen LogP contribution in [-0.2, 0) is 4.74 Å². The van der Waals surface area contributed by atoms with Gasteiger partial charge in [0.25, 0.3) is 0 Å². The van der Waals surface area contributed by atoms with E-state index < -0.39 is 0 Å². The molecule has 4 heterocycles. The Kier molecular flexibility index (Phi) is 3.94. The smallest absolute Gasteiger partial charge is 0.410 e. The SMILES string of the molecule is CN1C[C@]2(CCCN(c3cc(N4CCCCC4)ncn3)C2)OC1=O.